The number of hydrogen-bond donors (Lipinski definition) is 1. The molecule has 0 aromatic carbocycles. The summed E-state index contributed by atoms with van der Waals surface area (Å²) in [5, 5.41) is 8.03. The van der Waals surface area contributed by atoms with Crippen molar-refractivity contribution in [3.8, 4) is 0 Å². The Balaban J connectivity index is 0.000000202. The Kier molecular flexibility index (Phi) is 8.24. The fraction of sp³-hybridized carbons (Fsp3) is 0.667. The van der Waals surface area contributed by atoms with Crippen LogP contribution in [-0.4, -0.2) is 11.4 Å². The first-order valence-electron chi connectivity index (χ1n) is 4.25. The Morgan fingerprint density at radius 1 is 1.08 bits per heavy atom. The Morgan fingerprint density at radius 2 is 1.42 bits per heavy atom. The summed E-state index contributed by atoms with van der Waals surface area (Å²) in [5.74, 6) is -0.448. The third-order valence-corrected chi connectivity index (χ3v) is 1.96. The summed E-state index contributed by atoms with van der Waals surface area (Å²) in [6.07, 6.45) is 9.26. The molecule has 1 N–H and O–H groups in total. The highest BCUT2D eigenvalue weighted by atomic mass is 35.5. The monoisotopic (exact) mass is 190 g/mol. The van der Waals surface area contributed by atoms with Gasteiger partial charge in [0.15, 0.2) is 12.0 Å². The molecular weight excluding hydrogens is 176 g/mol. The van der Waals surface area contributed by atoms with Crippen molar-refractivity contribution < 1.29 is 9.90 Å². The number of carbonyl (C=O) groups is 1. The number of carbonyl (C=O) groups excluding carboxylic acids is 1. The average molecular weight is 191 g/mol. The normalized spacial score (nSPS) is 17.6. The summed E-state index contributed by atoms with van der Waals surface area (Å²) in [5.41, 5.74) is 0.799. The van der Waals surface area contributed by atoms with Gasteiger partial charge < -0.3 is 5.11 Å². The predicted octanol–water partition coefficient (Wildman–Crippen LogP) is 3.16. The fourth-order valence-electron chi connectivity index (χ4n) is 1.09. The van der Waals surface area contributed by atoms with Gasteiger partial charge in [-0.15, -0.1) is 0 Å². The first kappa shape index (κ1) is 11.5. The SMILES string of the molecule is C1CCCCC1.O=CC(O)=CCl. The zero-order valence-corrected chi connectivity index (χ0v) is 7.89. The molecule has 3 heteroatoms. The van der Waals surface area contributed by atoms with Crippen molar-refractivity contribution in [1.29, 1.82) is 0 Å². The molecule has 1 aliphatic rings. The van der Waals surface area contributed by atoms with E-state index in [0.717, 1.165) is 5.54 Å². The van der Waals surface area contributed by atoms with Gasteiger partial charge in [-0.25, -0.2) is 0 Å². The number of rotatable bonds is 1. The molecule has 1 aliphatic carbocycles. The third kappa shape index (κ3) is 7.61. The molecule has 0 unspecified atom stereocenters. The van der Waals surface area contributed by atoms with Gasteiger partial charge in [-0.2, -0.15) is 0 Å². The number of hydrogen-bond acceptors (Lipinski definition) is 2. The second kappa shape index (κ2) is 8.60. The minimum absolute atomic E-state index is 0.257. The van der Waals surface area contributed by atoms with E-state index in [0.29, 0.717) is 0 Å². The standard InChI is InChI=1S/C6H12.C3H3ClO2/c1-2-4-6-5-3-1;4-1-3(6)2-5/h1-6H2;1-2,6H. The average Bonchev–Trinajstić information content (AvgIpc) is 2.20. The molecule has 70 valence electrons. The maximum absolute atomic E-state index is 9.33. The summed E-state index contributed by atoms with van der Waals surface area (Å²) in [4.78, 5) is 9.33. The van der Waals surface area contributed by atoms with Crippen LogP contribution < -0.4 is 0 Å². The van der Waals surface area contributed by atoms with Gasteiger partial charge in [-0.3, -0.25) is 4.79 Å². The third-order valence-electron chi connectivity index (χ3n) is 1.73. The number of allylic oxidation sites excluding steroid dienone is 1. The van der Waals surface area contributed by atoms with Gasteiger partial charge >= 0.3 is 0 Å². The van der Waals surface area contributed by atoms with Crippen molar-refractivity contribution in [2.24, 2.45) is 0 Å². The summed E-state index contributed by atoms with van der Waals surface area (Å²) >= 11 is 4.81. The first-order chi connectivity index (χ1) is 5.81. The largest absolute Gasteiger partial charge is 0.504 e. The van der Waals surface area contributed by atoms with Crippen LogP contribution in [0.5, 0.6) is 0 Å². The highest BCUT2D eigenvalue weighted by molar-refractivity contribution is 6.26. The smallest absolute Gasteiger partial charge is 0.185 e. The Morgan fingerprint density at radius 3 is 1.50 bits per heavy atom. The second-order valence-corrected chi connectivity index (χ2v) is 2.99. The molecule has 0 radical (unpaired) electrons. The predicted molar refractivity (Wildman–Crippen MR) is 50.3 cm³/mol. The van der Waals surface area contributed by atoms with Crippen LogP contribution in [0.3, 0.4) is 0 Å². The number of aliphatic hydroxyl groups is 1. The molecular formula is C9H15ClO2. The summed E-state index contributed by atoms with van der Waals surface area (Å²) in [6, 6.07) is 0. The fourth-order valence-corrected chi connectivity index (χ4v) is 1.14. The van der Waals surface area contributed by atoms with Crippen molar-refractivity contribution in [3.05, 3.63) is 11.3 Å². The van der Waals surface area contributed by atoms with Crippen LogP contribution in [0.2, 0.25) is 0 Å². The Labute approximate surface area is 78.2 Å². The van der Waals surface area contributed by atoms with E-state index in [2.05, 4.69) is 0 Å². The van der Waals surface area contributed by atoms with Gasteiger partial charge in [0.05, 0.1) is 0 Å². The molecule has 0 spiro atoms. The van der Waals surface area contributed by atoms with Gasteiger partial charge in [0.2, 0.25) is 0 Å². The second-order valence-electron chi connectivity index (χ2n) is 2.77. The van der Waals surface area contributed by atoms with E-state index < -0.39 is 5.76 Å². The van der Waals surface area contributed by atoms with Crippen molar-refractivity contribution in [1.82, 2.24) is 0 Å². The van der Waals surface area contributed by atoms with Gasteiger partial charge in [0.1, 0.15) is 0 Å². The Hall–Kier alpha value is -0.500. The van der Waals surface area contributed by atoms with Gasteiger partial charge in [0.25, 0.3) is 0 Å². The molecule has 1 fully saturated rings. The quantitative estimate of drug-likeness (QED) is 0.392. The molecule has 0 saturated heterocycles. The van der Waals surface area contributed by atoms with E-state index in [-0.39, 0.29) is 6.29 Å². The van der Waals surface area contributed by atoms with E-state index in [1.807, 2.05) is 0 Å². The summed E-state index contributed by atoms with van der Waals surface area (Å²) < 4.78 is 0. The van der Waals surface area contributed by atoms with Gasteiger partial charge in [0, 0.05) is 5.54 Å². The van der Waals surface area contributed by atoms with E-state index in [1.165, 1.54) is 38.5 Å². The van der Waals surface area contributed by atoms with E-state index >= 15 is 0 Å². The minimum atomic E-state index is -0.448. The zero-order valence-electron chi connectivity index (χ0n) is 7.13. The van der Waals surface area contributed by atoms with Crippen LogP contribution in [0.4, 0.5) is 0 Å². The van der Waals surface area contributed by atoms with Crippen LogP contribution in [-0.2, 0) is 4.79 Å². The van der Waals surface area contributed by atoms with Crippen LogP contribution in [0.15, 0.2) is 11.3 Å². The van der Waals surface area contributed by atoms with E-state index in [9.17, 15) is 4.79 Å². The lowest BCUT2D eigenvalue weighted by Crippen LogP contribution is -1.85. The molecule has 0 bridgehead atoms. The number of aliphatic hydroxyl groups excluding tert-OH is 1. The number of aldehydes is 1. The van der Waals surface area contributed by atoms with Gasteiger partial charge in [-0.1, -0.05) is 50.1 Å². The summed E-state index contributed by atoms with van der Waals surface area (Å²) in [7, 11) is 0. The van der Waals surface area contributed by atoms with Crippen LogP contribution in [0, 0.1) is 0 Å². The lowest BCUT2D eigenvalue weighted by molar-refractivity contribution is -0.106. The summed E-state index contributed by atoms with van der Waals surface area (Å²) in [6.45, 7) is 0. The molecule has 0 aliphatic heterocycles. The van der Waals surface area contributed by atoms with Crippen LogP contribution >= 0.6 is 11.6 Å². The molecule has 1 rings (SSSR count). The zero-order chi connectivity index (χ0) is 9.23. The maximum atomic E-state index is 9.33. The topological polar surface area (TPSA) is 37.3 Å². The highest BCUT2D eigenvalue weighted by Crippen LogP contribution is 2.15. The lowest BCUT2D eigenvalue weighted by atomic mass is 10.0. The first-order valence-corrected chi connectivity index (χ1v) is 4.69. The molecule has 0 amide bonds. The lowest BCUT2D eigenvalue weighted by Gasteiger charge is -2.05. The van der Waals surface area contributed by atoms with Crippen molar-refractivity contribution in [2.45, 2.75) is 38.5 Å². The van der Waals surface area contributed by atoms with Crippen LogP contribution in [0.25, 0.3) is 0 Å². The highest BCUT2D eigenvalue weighted by Gasteiger charge is 1.95. The van der Waals surface area contributed by atoms with Crippen LogP contribution in [0.1, 0.15) is 38.5 Å². The Bertz CT molecular complexity index is 128. The molecule has 0 heterocycles. The molecule has 1 saturated carbocycles. The van der Waals surface area contributed by atoms with E-state index in [4.69, 9.17) is 16.7 Å². The number of halogens is 1. The minimum Gasteiger partial charge on any atom is -0.504 e. The van der Waals surface area contributed by atoms with Crippen molar-refractivity contribution in [3.63, 3.8) is 0 Å². The maximum Gasteiger partial charge on any atom is 0.185 e. The molecule has 0 aromatic heterocycles. The van der Waals surface area contributed by atoms with Crippen molar-refractivity contribution in [2.75, 3.05) is 0 Å². The van der Waals surface area contributed by atoms with Crippen molar-refractivity contribution >= 4 is 17.9 Å². The molecule has 0 aromatic rings. The van der Waals surface area contributed by atoms with E-state index in [1.54, 1.807) is 0 Å². The van der Waals surface area contributed by atoms with Gasteiger partial charge in [-0.05, 0) is 0 Å². The molecule has 12 heavy (non-hydrogen) atoms. The molecule has 0 atom stereocenters. The molecule has 2 nitrogen and oxygen atoms in total.